The van der Waals surface area contributed by atoms with Gasteiger partial charge in [-0.15, -0.1) is 0 Å². The Balaban J connectivity index is 1.94. The molecule has 0 aromatic heterocycles. The van der Waals surface area contributed by atoms with Crippen LogP contribution >= 0.6 is 34.8 Å². The standard InChI is InChI=1S/C25H30Cl3N3O4S/c1-3-23(25(33)29-20-6-4-5-7-20)30(15-17-8-9-19(27)14-22(17)28)24(32)16-31(36(2,34)35)21-12-10-18(26)11-13-21/h8-14,20,23H,3-7,15-16H2,1-2H3,(H,29,33)/t23-/m0/s1. The van der Waals surface area contributed by atoms with E-state index in [0.29, 0.717) is 32.7 Å². The Bertz CT molecular complexity index is 1190. The quantitative estimate of drug-likeness (QED) is 0.418. The van der Waals surface area contributed by atoms with Gasteiger partial charge in [-0.25, -0.2) is 8.42 Å². The molecule has 2 aromatic carbocycles. The number of nitrogens with one attached hydrogen (secondary N) is 1. The molecule has 1 atom stereocenters. The first-order valence-electron chi connectivity index (χ1n) is 11.8. The summed E-state index contributed by atoms with van der Waals surface area (Å²) in [6.07, 6.45) is 5.27. The normalized spacial score (nSPS) is 14.9. The Morgan fingerprint density at radius 1 is 1.03 bits per heavy atom. The van der Waals surface area contributed by atoms with Crippen LogP contribution in [0.5, 0.6) is 0 Å². The fourth-order valence-electron chi connectivity index (χ4n) is 4.34. The molecular weight excluding hydrogens is 545 g/mol. The largest absolute Gasteiger partial charge is 0.352 e. The van der Waals surface area contributed by atoms with Crippen molar-refractivity contribution >= 4 is 62.3 Å². The Kier molecular flexibility index (Phi) is 9.92. The molecule has 1 aliphatic carbocycles. The van der Waals surface area contributed by atoms with Gasteiger partial charge in [-0.3, -0.25) is 13.9 Å². The van der Waals surface area contributed by atoms with Crippen LogP contribution in [0.15, 0.2) is 42.5 Å². The highest BCUT2D eigenvalue weighted by Crippen LogP contribution is 2.26. The maximum atomic E-state index is 13.7. The molecule has 3 rings (SSSR count). The van der Waals surface area contributed by atoms with Gasteiger partial charge in [-0.2, -0.15) is 0 Å². The van der Waals surface area contributed by atoms with Crippen LogP contribution in [-0.2, 0) is 26.2 Å². The average Bonchev–Trinajstić information content (AvgIpc) is 3.31. The molecule has 36 heavy (non-hydrogen) atoms. The monoisotopic (exact) mass is 573 g/mol. The molecule has 0 heterocycles. The highest BCUT2D eigenvalue weighted by Gasteiger charge is 2.33. The highest BCUT2D eigenvalue weighted by atomic mass is 35.5. The zero-order valence-electron chi connectivity index (χ0n) is 20.2. The van der Waals surface area contributed by atoms with Crippen LogP contribution in [0.1, 0.15) is 44.6 Å². The molecule has 1 N–H and O–H groups in total. The number of sulfonamides is 1. The van der Waals surface area contributed by atoms with Crippen molar-refractivity contribution in [2.45, 2.75) is 57.7 Å². The molecule has 0 radical (unpaired) electrons. The number of carbonyl (C=O) groups excluding carboxylic acids is 2. The van der Waals surface area contributed by atoms with Crippen molar-refractivity contribution in [3.05, 3.63) is 63.1 Å². The van der Waals surface area contributed by atoms with Gasteiger partial charge < -0.3 is 10.2 Å². The summed E-state index contributed by atoms with van der Waals surface area (Å²) < 4.78 is 26.3. The lowest BCUT2D eigenvalue weighted by Gasteiger charge is -2.33. The molecule has 1 aliphatic rings. The van der Waals surface area contributed by atoms with Crippen molar-refractivity contribution in [2.24, 2.45) is 0 Å². The van der Waals surface area contributed by atoms with E-state index in [4.69, 9.17) is 34.8 Å². The van der Waals surface area contributed by atoms with Crippen molar-refractivity contribution < 1.29 is 18.0 Å². The zero-order valence-corrected chi connectivity index (χ0v) is 23.3. The van der Waals surface area contributed by atoms with E-state index >= 15 is 0 Å². The Labute approximate surface area is 227 Å². The van der Waals surface area contributed by atoms with E-state index < -0.39 is 28.5 Å². The molecule has 0 aliphatic heterocycles. The zero-order chi connectivity index (χ0) is 26.5. The summed E-state index contributed by atoms with van der Waals surface area (Å²) in [6, 6.07) is 10.3. The molecule has 2 amide bonds. The molecule has 0 spiro atoms. The van der Waals surface area contributed by atoms with Crippen molar-refractivity contribution in [3.8, 4) is 0 Å². The number of benzene rings is 2. The number of hydrogen-bond acceptors (Lipinski definition) is 4. The molecule has 1 fully saturated rings. The van der Waals surface area contributed by atoms with Crippen LogP contribution < -0.4 is 9.62 Å². The second-order valence-electron chi connectivity index (χ2n) is 8.92. The fraction of sp³-hybridized carbons (Fsp3) is 0.440. The van der Waals surface area contributed by atoms with Crippen LogP contribution in [-0.4, -0.2) is 50.0 Å². The van der Waals surface area contributed by atoms with E-state index in [2.05, 4.69) is 5.32 Å². The summed E-state index contributed by atoms with van der Waals surface area (Å²) in [5.41, 5.74) is 0.891. The van der Waals surface area contributed by atoms with Gasteiger partial charge in [0, 0.05) is 27.7 Å². The van der Waals surface area contributed by atoms with Gasteiger partial charge in [0.2, 0.25) is 21.8 Å². The Morgan fingerprint density at radius 2 is 1.64 bits per heavy atom. The predicted molar refractivity (Wildman–Crippen MR) is 145 cm³/mol. The number of hydrogen-bond donors (Lipinski definition) is 1. The number of carbonyl (C=O) groups is 2. The minimum absolute atomic E-state index is 0.0175. The van der Waals surface area contributed by atoms with Crippen LogP contribution in [0.2, 0.25) is 15.1 Å². The van der Waals surface area contributed by atoms with Crippen molar-refractivity contribution in [1.82, 2.24) is 10.2 Å². The van der Waals surface area contributed by atoms with E-state index in [9.17, 15) is 18.0 Å². The number of anilines is 1. The van der Waals surface area contributed by atoms with E-state index in [-0.39, 0.29) is 18.5 Å². The van der Waals surface area contributed by atoms with Gasteiger partial charge in [-0.1, -0.05) is 60.6 Å². The third-order valence-electron chi connectivity index (χ3n) is 6.24. The number of rotatable bonds is 10. The van der Waals surface area contributed by atoms with Gasteiger partial charge in [0.1, 0.15) is 12.6 Å². The number of amides is 2. The molecule has 0 saturated heterocycles. The van der Waals surface area contributed by atoms with Gasteiger partial charge in [0.15, 0.2) is 0 Å². The number of halogens is 3. The van der Waals surface area contributed by atoms with Gasteiger partial charge >= 0.3 is 0 Å². The lowest BCUT2D eigenvalue weighted by atomic mass is 10.1. The molecule has 1 saturated carbocycles. The maximum absolute atomic E-state index is 13.7. The first kappa shape index (κ1) is 28.6. The molecule has 0 bridgehead atoms. The minimum Gasteiger partial charge on any atom is -0.352 e. The summed E-state index contributed by atoms with van der Waals surface area (Å²) >= 11 is 18.4. The summed E-state index contributed by atoms with van der Waals surface area (Å²) in [6.45, 7) is 1.35. The van der Waals surface area contributed by atoms with Crippen molar-refractivity contribution in [2.75, 3.05) is 17.1 Å². The first-order valence-corrected chi connectivity index (χ1v) is 14.7. The molecule has 196 valence electrons. The molecule has 0 unspecified atom stereocenters. The topological polar surface area (TPSA) is 86.8 Å². The van der Waals surface area contributed by atoms with Gasteiger partial charge in [0.05, 0.1) is 11.9 Å². The molecule has 11 heteroatoms. The Hall–Kier alpha value is -2.00. The van der Waals surface area contributed by atoms with Crippen LogP contribution in [0.25, 0.3) is 0 Å². The average molecular weight is 575 g/mol. The second kappa shape index (κ2) is 12.5. The molecule has 2 aromatic rings. The van der Waals surface area contributed by atoms with E-state index in [1.54, 1.807) is 30.3 Å². The summed E-state index contributed by atoms with van der Waals surface area (Å²) in [5.74, 6) is -0.796. The molecular formula is C25H30Cl3N3O4S. The van der Waals surface area contributed by atoms with Gasteiger partial charge in [-0.05, 0) is 61.2 Å². The van der Waals surface area contributed by atoms with Crippen LogP contribution in [0, 0.1) is 0 Å². The maximum Gasteiger partial charge on any atom is 0.244 e. The first-order chi connectivity index (χ1) is 17.0. The van der Waals surface area contributed by atoms with Gasteiger partial charge in [0.25, 0.3) is 0 Å². The van der Waals surface area contributed by atoms with E-state index in [1.165, 1.54) is 17.0 Å². The SMILES string of the molecule is CC[C@@H](C(=O)NC1CCCC1)N(Cc1ccc(Cl)cc1Cl)C(=O)CN(c1ccc(Cl)cc1)S(C)(=O)=O. The van der Waals surface area contributed by atoms with Crippen molar-refractivity contribution in [3.63, 3.8) is 0 Å². The Morgan fingerprint density at radius 3 is 2.19 bits per heavy atom. The second-order valence-corrected chi connectivity index (χ2v) is 12.1. The summed E-state index contributed by atoms with van der Waals surface area (Å²) in [4.78, 5) is 28.4. The van der Waals surface area contributed by atoms with E-state index in [1.807, 2.05) is 6.92 Å². The fourth-order valence-corrected chi connectivity index (χ4v) is 5.79. The predicted octanol–water partition coefficient (Wildman–Crippen LogP) is 5.28. The lowest BCUT2D eigenvalue weighted by molar-refractivity contribution is -0.140. The smallest absolute Gasteiger partial charge is 0.244 e. The highest BCUT2D eigenvalue weighted by molar-refractivity contribution is 7.92. The summed E-state index contributed by atoms with van der Waals surface area (Å²) in [7, 11) is -3.82. The number of nitrogens with zero attached hydrogens (tertiary/aromatic N) is 2. The lowest BCUT2D eigenvalue weighted by Crippen LogP contribution is -2.53. The molecule has 7 nitrogen and oxygen atoms in total. The van der Waals surface area contributed by atoms with Crippen LogP contribution in [0.3, 0.4) is 0 Å². The van der Waals surface area contributed by atoms with E-state index in [0.717, 1.165) is 36.2 Å². The third kappa shape index (κ3) is 7.51. The minimum atomic E-state index is -3.82. The van der Waals surface area contributed by atoms with Crippen molar-refractivity contribution in [1.29, 1.82) is 0 Å². The third-order valence-corrected chi connectivity index (χ3v) is 8.22. The summed E-state index contributed by atoms with van der Waals surface area (Å²) in [5, 5.41) is 4.29. The van der Waals surface area contributed by atoms with Crippen LogP contribution in [0.4, 0.5) is 5.69 Å².